The molecule has 0 aliphatic carbocycles. The number of nitrogens with zero attached hydrogens (tertiary/aromatic N) is 4. The monoisotopic (exact) mass is 290 g/mol. The van der Waals surface area contributed by atoms with Crippen LogP contribution in [0.4, 0.5) is 5.95 Å². The number of amides is 1. The van der Waals surface area contributed by atoms with Gasteiger partial charge in [0.25, 0.3) is 0 Å². The van der Waals surface area contributed by atoms with E-state index >= 15 is 0 Å². The Bertz CT molecular complexity index is 429. The molecular formula is C16H26N4O. The minimum absolute atomic E-state index is 0.199. The van der Waals surface area contributed by atoms with Gasteiger partial charge in [0.1, 0.15) is 0 Å². The lowest BCUT2D eigenvalue weighted by atomic mass is 9.97. The van der Waals surface area contributed by atoms with Crippen LogP contribution in [0, 0.1) is 5.92 Å². The van der Waals surface area contributed by atoms with Crippen LogP contribution in [0.3, 0.4) is 0 Å². The minimum atomic E-state index is 0.199. The molecule has 0 N–H and O–H groups in total. The zero-order valence-electron chi connectivity index (χ0n) is 13.2. The molecule has 5 heteroatoms. The summed E-state index contributed by atoms with van der Waals surface area (Å²) in [6.07, 6.45) is 7.79. The largest absolute Gasteiger partial charge is 0.339 e. The topological polar surface area (TPSA) is 49.3 Å². The Morgan fingerprint density at radius 2 is 1.86 bits per heavy atom. The Morgan fingerprint density at radius 3 is 2.43 bits per heavy atom. The van der Waals surface area contributed by atoms with Crippen molar-refractivity contribution in [3.8, 4) is 0 Å². The van der Waals surface area contributed by atoms with Crippen LogP contribution in [0.25, 0.3) is 0 Å². The molecule has 1 atom stereocenters. The first kappa shape index (κ1) is 15.7. The second-order valence-electron chi connectivity index (χ2n) is 5.61. The second-order valence-corrected chi connectivity index (χ2v) is 5.61. The van der Waals surface area contributed by atoms with E-state index in [2.05, 4.69) is 28.7 Å². The fourth-order valence-electron chi connectivity index (χ4n) is 2.79. The first-order valence-corrected chi connectivity index (χ1v) is 8.07. The van der Waals surface area contributed by atoms with E-state index in [1.807, 2.05) is 11.0 Å². The number of hydrogen-bond acceptors (Lipinski definition) is 4. The van der Waals surface area contributed by atoms with E-state index in [0.29, 0.717) is 5.91 Å². The normalized spacial score (nSPS) is 16.9. The first-order chi connectivity index (χ1) is 10.3. The molecule has 1 aromatic heterocycles. The van der Waals surface area contributed by atoms with Crippen LogP contribution in [0.5, 0.6) is 0 Å². The molecule has 1 saturated heterocycles. The third-order valence-corrected chi connectivity index (χ3v) is 4.17. The highest BCUT2D eigenvalue weighted by atomic mass is 16.2. The molecule has 2 heterocycles. The highest BCUT2D eigenvalue weighted by Crippen LogP contribution is 2.18. The van der Waals surface area contributed by atoms with E-state index in [0.717, 1.165) is 57.8 Å². The lowest BCUT2D eigenvalue weighted by molar-refractivity contribution is -0.136. The number of aromatic nitrogens is 2. The lowest BCUT2D eigenvalue weighted by Crippen LogP contribution is -2.50. The third kappa shape index (κ3) is 4.16. The van der Waals surface area contributed by atoms with Gasteiger partial charge in [0.15, 0.2) is 0 Å². The van der Waals surface area contributed by atoms with Gasteiger partial charge < -0.3 is 9.80 Å². The first-order valence-electron chi connectivity index (χ1n) is 8.07. The fourth-order valence-corrected chi connectivity index (χ4v) is 2.79. The van der Waals surface area contributed by atoms with Crippen molar-refractivity contribution in [2.24, 2.45) is 5.92 Å². The molecule has 1 aliphatic rings. The molecule has 1 aromatic rings. The van der Waals surface area contributed by atoms with E-state index in [-0.39, 0.29) is 5.92 Å². The summed E-state index contributed by atoms with van der Waals surface area (Å²) in [7, 11) is 0. The smallest absolute Gasteiger partial charge is 0.225 e. The Kier molecular flexibility index (Phi) is 5.96. The predicted molar refractivity (Wildman–Crippen MR) is 84.1 cm³/mol. The van der Waals surface area contributed by atoms with Crippen LogP contribution >= 0.6 is 0 Å². The lowest BCUT2D eigenvalue weighted by Gasteiger charge is -2.36. The molecule has 0 radical (unpaired) electrons. The van der Waals surface area contributed by atoms with Crippen LogP contribution in [0.2, 0.25) is 0 Å². The summed E-state index contributed by atoms with van der Waals surface area (Å²) in [6, 6.07) is 1.82. The Morgan fingerprint density at radius 1 is 1.19 bits per heavy atom. The van der Waals surface area contributed by atoms with E-state index in [9.17, 15) is 4.79 Å². The zero-order chi connectivity index (χ0) is 15.1. The molecule has 0 unspecified atom stereocenters. The molecule has 1 fully saturated rings. The standard InChI is InChI=1S/C16H26N4O/c1-3-5-7-14(4-2)15(21)19-10-12-20(13-11-19)16-17-8-6-9-18-16/h6,8-9,14H,3-5,7,10-13H2,1-2H3/t14-/m1/s1. The van der Waals surface area contributed by atoms with Crippen LogP contribution in [0.1, 0.15) is 39.5 Å². The number of anilines is 1. The maximum absolute atomic E-state index is 12.6. The molecule has 5 nitrogen and oxygen atoms in total. The van der Waals surface area contributed by atoms with Crippen molar-refractivity contribution >= 4 is 11.9 Å². The van der Waals surface area contributed by atoms with Crippen molar-refractivity contribution in [2.75, 3.05) is 31.1 Å². The van der Waals surface area contributed by atoms with E-state index in [4.69, 9.17) is 0 Å². The number of piperazine rings is 1. The third-order valence-electron chi connectivity index (χ3n) is 4.17. The molecule has 0 spiro atoms. The molecular weight excluding hydrogens is 264 g/mol. The minimum Gasteiger partial charge on any atom is -0.339 e. The summed E-state index contributed by atoms with van der Waals surface area (Å²) >= 11 is 0. The number of carbonyl (C=O) groups excluding carboxylic acids is 1. The molecule has 0 saturated carbocycles. The van der Waals surface area contributed by atoms with Gasteiger partial charge in [0.2, 0.25) is 11.9 Å². The number of carbonyl (C=O) groups is 1. The highest BCUT2D eigenvalue weighted by molar-refractivity contribution is 5.79. The SMILES string of the molecule is CCCC[C@@H](CC)C(=O)N1CCN(c2ncccn2)CC1. The highest BCUT2D eigenvalue weighted by Gasteiger charge is 2.26. The van der Waals surface area contributed by atoms with Gasteiger partial charge in [0.05, 0.1) is 0 Å². The summed E-state index contributed by atoms with van der Waals surface area (Å²) in [4.78, 5) is 25.3. The number of hydrogen-bond donors (Lipinski definition) is 0. The van der Waals surface area contributed by atoms with Crippen molar-refractivity contribution in [1.82, 2.24) is 14.9 Å². The van der Waals surface area contributed by atoms with Gasteiger partial charge in [-0.2, -0.15) is 0 Å². The molecule has 0 aromatic carbocycles. The Labute approximate surface area is 127 Å². The van der Waals surface area contributed by atoms with Gasteiger partial charge in [-0.25, -0.2) is 9.97 Å². The predicted octanol–water partition coefficient (Wildman–Crippen LogP) is 2.34. The van der Waals surface area contributed by atoms with E-state index in [1.165, 1.54) is 0 Å². The number of rotatable bonds is 6. The fraction of sp³-hybridized carbons (Fsp3) is 0.688. The molecule has 2 rings (SSSR count). The maximum Gasteiger partial charge on any atom is 0.225 e. The molecule has 116 valence electrons. The van der Waals surface area contributed by atoms with Gasteiger partial charge in [-0.15, -0.1) is 0 Å². The van der Waals surface area contributed by atoms with Gasteiger partial charge in [-0.05, 0) is 18.9 Å². The summed E-state index contributed by atoms with van der Waals surface area (Å²) in [5, 5.41) is 0. The van der Waals surface area contributed by atoms with Gasteiger partial charge in [-0.3, -0.25) is 4.79 Å². The average Bonchev–Trinajstić information content (AvgIpc) is 2.56. The van der Waals surface area contributed by atoms with Gasteiger partial charge in [-0.1, -0.05) is 26.7 Å². The zero-order valence-corrected chi connectivity index (χ0v) is 13.2. The Hall–Kier alpha value is -1.65. The van der Waals surface area contributed by atoms with Gasteiger partial charge >= 0.3 is 0 Å². The van der Waals surface area contributed by atoms with Crippen LogP contribution in [-0.4, -0.2) is 47.0 Å². The maximum atomic E-state index is 12.6. The van der Waals surface area contributed by atoms with Crippen molar-refractivity contribution in [1.29, 1.82) is 0 Å². The molecule has 0 bridgehead atoms. The van der Waals surface area contributed by atoms with Crippen molar-refractivity contribution in [3.05, 3.63) is 18.5 Å². The van der Waals surface area contributed by atoms with Crippen molar-refractivity contribution in [3.63, 3.8) is 0 Å². The van der Waals surface area contributed by atoms with Gasteiger partial charge in [0, 0.05) is 44.5 Å². The molecule has 1 aliphatic heterocycles. The van der Waals surface area contributed by atoms with E-state index < -0.39 is 0 Å². The summed E-state index contributed by atoms with van der Waals surface area (Å²) < 4.78 is 0. The van der Waals surface area contributed by atoms with Crippen LogP contribution < -0.4 is 4.90 Å². The summed E-state index contributed by atoms with van der Waals surface area (Å²) in [5.74, 6) is 1.30. The van der Waals surface area contributed by atoms with Crippen LogP contribution in [0.15, 0.2) is 18.5 Å². The second kappa shape index (κ2) is 7.96. The molecule has 1 amide bonds. The molecule has 21 heavy (non-hydrogen) atoms. The quantitative estimate of drug-likeness (QED) is 0.807. The summed E-state index contributed by atoms with van der Waals surface area (Å²) in [5.41, 5.74) is 0. The van der Waals surface area contributed by atoms with Crippen molar-refractivity contribution in [2.45, 2.75) is 39.5 Å². The number of unbranched alkanes of at least 4 members (excludes halogenated alkanes) is 1. The Balaban J connectivity index is 1.86. The average molecular weight is 290 g/mol. The summed E-state index contributed by atoms with van der Waals surface area (Å²) in [6.45, 7) is 7.49. The van der Waals surface area contributed by atoms with Crippen LogP contribution in [-0.2, 0) is 4.79 Å². The van der Waals surface area contributed by atoms with E-state index in [1.54, 1.807) is 12.4 Å². The van der Waals surface area contributed by atoms with Crippen molar-refractivity contribution < 1.29 is 4.79 Å².